The summed E-state index contributed by atoms with van der Waals surface area (Å²) in [4.78, 5) is 25.1. The summed E-state index contributed by atoms with van der Waals surface area (Å²) in [5, 5.41) is 20.7. The predicted molar refractivity (Wildman–Crippen MR) is 33.3 cm³/mol. The Labute approximate surface area is 92.7 Å². The van der Waals surface area contributed by atoms with Gasteiger partial charge in [-0.25, -0.2) is 0 Å². The van der Waals surface area contributed by atoms with Crippen LogP contribution in [0.5, 0.6) is 0 Å². The summed E-state index contributed by atoms with van der Waals surface area (Å²) in [5.41, 5.74) is 0. The van der Waals surface area contributed by atoms with E-state index in [2.05, 4.69) is 0 Å². The average molecular weight is 263 g/mol. The Morgan fingerprint density at radius 3 is 0.667 bits per heavy atom. The molecule has 0 heterocycles. The molecule has 0 fully saturated rings. The van der Waals surface area contributed by atoms with Gasteiger partial charge in [-0.05, 0) is 0 Å². The minimum absolute atomic E-state index is 0. The molecule has 12 heavy (non-hydrogen) atoms. The van der Waals surface area contributed by atoms with Crippen molar-refractivity contribution in [3.05, 3.63) is 0 Å². The average Bonchev–Trinajstić information content (AvgIpc) is 1.70. The third-order valence-corrected chi connectivity index (χ3v) is 0. The largest absolute Gasteiger partial charge is 0.483 e. The molecule has 0 aromatic rings. The molecule has 0 atom stereocenters. The second-order valence-electron chi connectivity index (χ2n) is 0.316. The Morgan fingerprint density at radius 2 is 0.667 bits per heavy atom. The minimum atomic E-state index is -0.250. The minimum Gasteiger partial charge on any atom is -0.483 e. The maximum atomic E-state index is 8.36. The molecule has 0 rings (SSSR count). The zero-order valence-corrected chi connectivity index (χ0v) is 8.71. The Balaban J connectivity index is -0.00000001000. The van der Waals surface area contributed by atoms with Crippen molar-refractivity contribution >= 4 is 19.4 Å². The Kier molecular flexibility index (Phi) is 551. The topological polar surface area (TPSA) is 175 Å². The summed E-state index contributed by atoms with van der Waals surface area (Å²) in [7, 11) is 0. The molecular weight excluding hydrogens is 253 g/mol. The van der Waals surface area contributed by atoms with E-state index in [4.69, 9.17) is 29.7 Å². The van der Waals surface area contributed by atoms with Crippen molar-refractivity contribution < 1.29 is 73.4 Å². The fourth-order valence-electron chi connectivity index (χ4n) is 0. The van der Waals surface area contributed by atoms with Crippen molar-refractivity contribution in [1.29, 1.82) is 0 Å². The quantitative estimate of drug-likeness (QED) is 0.405. The number of carbonyl (C=O) groups is 3. The van der Waals surface area contributed by atoms with Crippen LogP contribution in [0.1, 0.15) is 0 Å². The fraction of sp³-hybridized carbons (Fsp3) is 0. The van der Waals surface area contributed by atoms with Crippen LogP contribution in [-0.4, -0.2) is 45.7 Å². The molecule has 0 aromatic carbocycles. The number of hydrogen-bond acceptors (Lipinski definition) is 3. The number of carboxylic acid groups (broad SMARTS) is 3. The predicted octanol–water partition coefficient (Wildman–Crippen LogP) is -2.55. The SMILES string of the molecule is O.O.O=CO.O=CO.O=CO.[Y]. The van der Waals surface area contributed by atoms with Gasteiger partial charge >= 0.3 is 0 Å². The van der Waals surface area contributed by atoms with Gasteiger partial charge in [-0.1, -0.05) is 0 Å². The van der Waals surface area contributed by atoms with Crippen LogP contribution in [0.4, 0.5) is 0 Å². The van der Waals surface area contributed by atoms with Crippen LogP contribution in [0.15, 0.2) is 0 Å². The molecule has 8 nitrogen and oxygen atoms in total. The first-order valence-corrected chi connectivity index (χ1v) is 1.48. The molecule has 0 unspecified atom stereocenters. The Hall–Kier alpha value is -0.566. The molecular formula is C3H10O8Y. The van der Waals surface area contributed by atoms with Crippen LogP contribution in [0.25, 0.3) is 0 Å². The molecule has 0 bridgehead atoms. The molecule has 0 aliphatic rings. The monoisotopic (exact) mass is 263 g/mol. The normalized spacial score (nSPS) is 3.00. The second kappa shape index (κ2) is 157. The molecule has 0 aromatic heterocycles. The second-order valence-corrected chi connectivity index (χ2v) is 0.316. The van der Waals surface area contributed by atoms with Gasteiger partial charge in [0.05, 0.1) is 0 Å². The van der Waals surface area contributed by atoms with Gasteiger partial charge in [0.1, 0.15) is 0 Å². The van der Waals surface area contributed by atoms with Crippen molar-refractivity contribution in [2.45, 2.75) is 0 Å². The first kappa shape index (κ1) is 42.2. The van der Waals surface area contributed by atoms with Gasteiger partial charge in [0.25, 0.3) is 19.4 Å². The van der Waals surface area contributed by atoms with Crippen molar-refractivity contribution in [2.24, 2.45) is 0 Å². The smallest absolute Gasteiger partial charge is 0.290 e. The molecule has 0 spiro atoms. The van der Waals surface area contributed by atoms with E-state index in [9.17, 15) is 0 Å². The summed E-state index contributed by atoms with van der Waals surface area (Å²) in [6.45, 7) is -0.750. The summed E-state index contributed by atoms with van der Waals surface area (Å²) in [6.07, 6.45) is 0. The van der Waals surface area contributed by atoms with Gasteiger partial charge in [0.2, 0.25) is 0 Å². The van der Waals surface area contributed by atoms with Crippen molar-refractivity contribution in [3.63, 3.8) is 0 Å². The summed E-state index contributed by atoms with van der Waals surface area (Å²) < 4.78 is 0. The van der Waals surface area contributed by atoms with Gasteiger partial charge < -0.3 is 26.3 Å². The summed E-state index contributed by atoms with van der Waals surface area (Å²) in [6, 6.07) is 0. The molecule has 1 radical (unpaired) electrons. The van der Waals surface area contributed by atoms with Crippen LogP contribution in [0.3, 0.4) is 0 Å². The molecule has 0 aliphatic carbocycles. The van der Waals surface area contributed by atoms with E-state index < -0.39 is 0 Å². The van der Waals surface area contributed by atoms with Crippen LogP contribution < -0.4 is 0 Å². The summed E-state index contributed by atoms with van der Waals surface area (Å²) in [5.74, 6) is 0. The molecule has 0 saturated carbocycles. The zero-order chi connectivity index (χ0) is 8.12. The molecule has 0 aliphatic heterocycles. The van der Waals surface area contributed by atoms with Crippen LogP contribution in [0, 0.1) is 0 Å². The zero-order valence-electron chi connectivity index (χ0n) is 5.88. The third-order valence-electron chi connectivity index (χ3n) is 0. The molecule has 7 N–H and O–H groups in total. The van der Waals surface area contributed by atoms with E-state index in [1.165, 1.54) is 0 Å². The van der Waals surface area contributed by atoms with Crippen LogP contribution >= 0.6 is 0 Å². The van der Waals surface area contributed by atoms with Gasteiger partial charge in [0.15, 0.2) is 0 Å². The standard InChI is InChI=1S/3CH2O2.2H2O.Y/c3*2-1-3;;;/h3*1H,(H,2,3);2*1H2;. The third kappa shape index (κ3) is 2090. The maximum absolute atomic E-state index is 8.36. The van der Waals surface area contributed by atoms with Crippen molar-refractivity contribution in [3.8, 4) is 0 Å². The number of hydrogen-bond donors (Lipinski definition) is 3. The van der Waals surface area contributed by atoms with E-state index >= 15 is 0 Å². The van der Waals surface area contributed by atoms with E-state index in [0.29, 0.717) is 0 Å². The first-order valence-electron chi connectivity index (χ1n) is 1.48. The van der Waals surface area contributed by atoms with Gasteiger partial charge in [0, 0.05) is 32.7 Å². The molecule has 0 amide bonds. The molecule has 73 valence electrons. The van der Waals surface area contributed by atoms with Gasteiger partial charge in [-0.3, -0.25) is 14.4 Å². The first-order chi connectivity index (χ1) is 4.24. The van der Waals surface area contributed by atoms with Gasteiger partial charge in [-0.15, -0.1) is 0 Å². The van der Waals surface area contributed by atoms with E-state index in [-0.39, 0.29) is 63.1 Å². The molecule has 9 heteroatoms. The van der Waals surface area contributed by atoms with Crippen LogP contribution in [-0.2, 0) is 47.1 Å². The van der Waals surface area contributed by atoms with Crippen molar-refractivity contribution in [2.75, 3.05) is 0 Å². The van der Waals surface area contributed by atoms with Gasteiger partial charge in [-0.2, -0.15) is 0 Å². The van der Waals surface area contributed by atoms with E-state index in [0.717, 1.165) is 0 Å². The Morgan fingerprint density at radius 1 is 0.667 bits per heavy atom. The van der Waals surface area contributed by atoms with Crippen molar-refractivity contribution in [1.82, 2.24) is 0 Å². The van der Waals surface area contributed by atoms with Crippen LogP contribution in [0.2, 0.25) is 0 Å². The fourth-order valence-corrected chi connectivity index (χ4v) is 0. The number of rotatable bonds is 0. The molecule has 0 saturated heterocycles. The maximum Gasteiger partial charge on any atom is 0.290 e. The Bertz CT molecular complexity index is 51.1. The van der Waals surface area contributed by atoms with E-state index in [1.807, 2.05) is 0 Å². The summed E-state index contributed by atoms with van der Waals surface area (Å²) >= 11 is 0. The van der Waals surface area contributed by atoms with E-state index in [1.54, 1.807) is 0 Å².